The van der Waals surface area contributed by atoms with E-state index in [4.69, 9.17) is 28.4 Å². The summed E-state index contributed by atoms with van der Waals surface area (Å²) < 4.78 is 33.9. The van der Waals surface area contributed by atoms with Crippen molar-refractivity contribution in [1.29, 1.82) is 0 Å². The van der Waals surface area contributed by atoms with Gasteiger partial charge in [0.05, 0.1) is 39.5 Å². The van der Waals surface area contributed by atoms with Crippen molar-refractivity contribution in [3.63, 3.8) is 0 Å². The maximum Gasteiger partial charge on any atom is 0.251 e. The zero-order valence-corrected chi connectivity index (χ0v) is 23.4. The molecule has 3 aromatic carbocycles. The minimum Gasteiger partial charge on any atom is -0.492 e. The molecule has 10 nitrogen and oxygen atoms in total. The number of hydrogen-bond donors (Lipinski definition) is 2. The van der Waals surface area contributed by atoms with Gasteiger partial charge >= 0.3 is 0 Å². The number of benzene rings is 3. The lowest BCUT2D eigenvalue weighted by atomic mass is 10.1. The molecule has 0 saturated carbocycles. The van der Waals surface area contributed by atoms with Crippen molar-refractivity contribution in [1.82, 2.24) is 10.6 Å². The molecule has 0 aliphatic carbocycles. The molecule has 42 heavy (non-hydrogen) atoms. The molecule has 0 atom stereocenters. The fraction of sp³-hybridized carbons (Fsp3) is 0.312. The molecular weight excluding hydrogens is 540 g/mol. The van der Waals surface area contributed by atoms with Gasteiger partial charge in [0.25, 0.3) is 11.8 Å². The van der Waals surface area contributed by atoms with Crippen LogP contribution < -0.4 is 29.6 Å². The third-order valence-electron chi connectivity index (χ3n) is 5.93. The average molecular weight is 577 g/mol. The Morgan fingerprint density at radius 1 is 0.476 bits per heavy atom. The van der Waals surface area contributed by atoms with E-state index in [9.17, 15) is 9.59 Å². The third-order valence-corrected chi connectivity index (χ3v) is 5.93. The van der Waals surface area contributed by atoms with Crippen LogP contribution in [0.2, 0.25) is 0 Å². The fourth-order valence-electron chi connectivity index (χ4n) is 3.81. The number of carbonyl (C=O) groups is 2. The van der Waals surface area contributed by atoms with Crippen LogP contribution in [0.1, 0.15) is 20.7 Å². The van der Waals surface area contributed by atoms with Crippen LogP contribution in [0.5, 0.6) is 23.0 Å². The van der Waals surface area contributed by atoms with Crippen LogP contribution in [0, 0.1) is 0 Å². The molecule has 3 aromatic rings. The standard InChI is InChI=1S/C32H36N2O8/c35-31-25-4-3-5-26(24-25)32(36)34-15-19-40-28-8-12-30(13-9-28)42-23-21-38-17-2-1-16-37-20-22-41-29-10-6-27(7-11-29)39-18-14-33-31/h1-13,24H,14-23H2,(H,33,35)(H,34,36)/b2-1-. The van der Waals surface area contributed by atoms with Gasteiger partial charge in [0, 0.05) is 11.1 Å². The van der Waals surface area contributed by atoms with Gasteiger partial charge in [-0.05, 0) is 66.7 Å². The van der Waals surface area contributed by atoms with Crippen LogP contribution in [0.15, 0.2) is 84.9 Å². The molecule has 4 heterocycles. The smallest absolute Gasteiger partial charge is 0.251 e. The highest BCUT2D eigenvalue weighted by Gasteiger charge is 2.10. The Bertz CT molecular complexity index is 1180. The quantitative estimate of drug-likeness (QED) is 0.390. The highest BCUT2D eigenvalue weighted by molar-refractivity contribution is 5.99. The highest BCUT2D eigenvalue weighted by atomic mass is 16.5. The van der Waals surface area contributed by atoms with Gasteiger partial charge in [0.1, 0.15) is 49.4 Å². The molecule has 0 radical (unpaired) electrons. The lowest BCUT2D eigenvalue weighted by Gasteiger charge is -2.11. The highest BCUT2D eigenvalue weighted by Crippen LogP contribution is 2.18. The van der Waals surface area contributed by atoms with Gasteiger partial charge in [0.2, 0.25) is 0 Å². The van der Waals surface area contributed by atoms with E-state index in [1.165, 1.54) is 0 Å². The maximum absolute atomic E-state index is 12.6. The van der Waals surface area contributed by atoms with E-state index in [-0.39, 0.29) is 25.0 Å². The van der Waals surface area contributed by atoms with E-state index in [0.29, 0.717) is 86.9 Å². The predicted octanol–water partition coefficient (Wildman–Crippen LogP) is 3.66. The summed E-state index contributed by atoms with van der Waals surface area (Å²) in [6, 6.07) is 21.0. The second-order valence-corrected chi connectivity index (χ2v) is 9.05. The van der Waals surface area contributed by atoms with Gasteiger partial charge in [-0.1, -0.05) is 18.2 Å². The molecule has 6 bridgehead atoms. The lowest BCUT2D eigenvalue weighted by Crippen LogP contribution is -2.30. The number of carbonyl (C=O) groups excluding carboxylic acids is 2. The van der Waals surface area contributed by atoms with Crippen LogP contribution in [0.4, 0.5) is 0 Å². The Morgan fingerprint density at radius 2 is 0.857 bits per heavy atom. The molecule has 0 fully saturated rings. The average Bonchev–Trinajstić information content (AvgIpc) is 3.02. The molecule has 7 rings (SSSR count). The summed E-state index contributed by atoms with van der Waals surface area (Å²) in [5, 5.41) is 5.62. The molecular formula is C32H36N2O8. The van der Waals surface area contributed by atoms with Crippen molar-refractivity contribution in [3.05, 3.63) is 96.1 Å². The summed E-state index contributed by atoms with van der Waals surface area (Å²) in [6.07, 6.45) is 3.81. The van der Waals surface area contributed by atoms with Crippen molar-refractivity contribution in [2.45, 2.75) is 0 Å². The summed E-state index contributed by atoms with van der Waals surface area (Å²) in [6.45, 7) is 3.86. The molecule has 4 aliphatic rings. The molecule has 0 aromatic heterocycles. The van der Waals surface area contributed by atoms with Crippen molar-refractivity contribution >= 4 is 11.8 Å². The summed E-state index contributed by atoms with van der Waals surface area (Å²) in [4.78, 5) is 25.2. The minimum absolute atomic E-state index is 0.286. The predicted molar refractivity (Wildman–Crippen MR) is 157 cm³/mol. The van der Waals surface area contributed by atoms with Crippen LogP contribution >= 0.6 is 0 Å². The maximum atomic E-state index is 12.6. The fourth-order valence-corrected chi connectivity index (χ4v) is 3.81. The van der Waals surface area contributed by atoms with E-state index in [2.05, 4.69) is 10.6 Å². The van der Waals surface area contributed by atoms with Crippen LogP contribution in [0.25, 0.3) is 0 Å². The second-order valence-electron chi connectivity index (χ2n) is 9.05. The minimum atomic E-state index is -0.292. The molecule has 4 aliphatic heterocycles. The van der Waals surface area contributed by atoms with Crippen LogP contribution in [-0.2, 0) is 9.47 Å². The number of ether oxygens (including phenoxy) is 6. The molecule has 2 N–H and O–H groups in total. The SMILES string of the molecule is O=C1NCCOc2ccc(cc2)OCCOC/C=C\COCCOc2ccc(cc2)OCCNC(=O)c2cccc1c2. The lowest BCUT2D eigenvalue weighted by molar-refractivity contribution is 0.0946. The Balaban J connectivity index is 1.29. The van der Waals surface area contributed by atoms with E-state index in [1.807, 2.05) is 36.4 Å². The Morgan fingerprint density at radius 3 is 1.26 bits per heavy atom. The van der Waals surface area contributed by atoms with Crippen molar-refractivity contribution in [2.24, 2.45) is 0 Å². The zero-order chi connectivity index (χ0) is 29.2. The van der Waals surface area contributed by atoms with Crippen LogP contribution in [0.3, 0.4) is 0 Å². The van der Waals surface area contributed by atoms with Crippen LogP contribution in [-0.4, -0.2) is 77.8 Å². The number of hydrogen-bond acceptors (Lipinski definition) is 8. The van der Waals surface area contributed by atoms with Gasteiger partial charge in [-0.15, -0.1) is 0 Å². The van der Waals surface area contributed by atoms with E-state index in [1.54, 1.807) is 48.5 Å². The van der Waals surface area contributed by atoms with Gasteiger partial charge in [-0.25, -0.2) is 0 Å². The first-order valence-corrected chi connectivity index (χ1v) is 13.9. The first-order valence-electron chi connectivity index (χ1n) is 13.9. The molecule has 222 valence electrons. The van der Waals surface area contributed by atoms with Gasteiger partial charge in [0.15, 0.2) is 0 Å². The molecule has 0 saturated heterocycles. The summed E-state index contributed by atoms with van der Waals surface area (Å²) >= 11 is 0. The van der Waals surface area contributed by atoms with E-state index in [0.717, 1.165) is 0 Å². The largest absolute Gasteiger partial charge is 0.492 e. The zero-order valence-electron chi connectivity index (χ0n) is 23.4. The molecule has 0 unspecified atom stereocenters. The Hall–Kier alpha value is -4.54. The van der Waals surface area contributed by atoms with E-state index >= 15 is 0 Å². The van der Waals surface area contributed by atoms with Gasteiger partial charge in [-0.3, -0.25) is 9.59 Å². The first kappa shape index (κ1) is 30.4. The number of rotatable bonds is 0. The summed E-state index contributed by atoms with van der Waals surface area (Å²) in [5.41, 5.74) is 0.770. The summed E-state index contributed by atoms with van der Waals surface area (Å²) in [5.74, 6) is 2.15. The van der Waals surface area contributed by atoms with Gasteiger partial charge < -0.3 is 39.1 Å². The van der Waals surface area contributed by atoms with Crippen molar-refractivity contribution in [3.8, 4) is 23.0 Å². The van der Waals surface area contributed by atoms with Crippen molar-refractivity contribution in [2.75, 3.05) is 65.9 Å². The normalized spacial score (nSPS) is 17.3. The molecule has 10 heteroatoms. The first-order chi connectivity index (χ1) is 20.7. The van der Waals surface area contributed by atoms with E-state index < -0.39 is 0 Å². The summed E-state index contributed by atoms with van der Waals surface area (Å²) in [7, 11) is 0. The molecule has 0 spiro atoms. The molecule has 2 amide bonds. The number of nitrogens with one attached hydrogen (secondary N) is 2. The second kappa shape index (κ2) is 17.3. The Kier molecular flexibility index (Phi) is 12.5. The number of amides is 2. The van der Waals surface area contributed by atoms with Crippen molar-refractivity contribution < 1.29 is 38.0 Å². The third kappa shape index (κ3) is 10.8. The van der Waals surface area contributed by atoms with Gasteiger partial charge in [-0.2, -0.15) is 0 Å². The Labute approximate surface area is 245 Å². The topological polar surface area (TPSA) is 114 Å². The monoisotopic (exact) mass is 576 g/mol.